The van der Waals surface area contributed by atoms with E-state index in [1.54, 1.807) is 0 Å². The van der Waals surface area contributed by atoms with Crippen LogP contribution in [-0.4, -0.2) is 28.3 Å². The summed E-state index contributed by atoms with van der Waals surface area (Å²) in [6, 6.07) is 0. The lowest BCUT2D eigenvalue weighted by Crippen LogP contribution is -2.28. The van der Waals surface area contributed by atoms with Gasteiger partial charge in [-0.2, -0.15) is 0 Å². The van der Waals surface area contributed by atoms with E-state index in [2.05, 4.69) is 20.5 Å². The highest BCUT2D eigenvalue weighted by Gasteiger charge is 2.15. The molecule has 0 amide bonds. The van der Waals surface area contributed by atoms with Crippen LogP contribution in [-0.2, 0) is 6.42 Å². The van der Waals surface area contributed by atoms with Crippen molar-refractivity contribution in [2.24, 2.45) is 5.92 Å². The largest absolute Gasteiger partial charge is 0.317 e. The number of nitrogens with zero attached hydrogens (tertiary/aromatic N) is 2. The minimum absolute atomic E-state index is 0.323. The van der Waals surface area contributed by atoms with Gasteiger partial charge in [0.25, 0.3) is 0 Å². The van der Waals surface area contributed by atoms with Crippen LogP contribution in [0, 0.1) is 5.92 Å². The van der Waals surface area contributed by atoms with Gasteiger partial charge in [0.1, 0.15) is 5.82 Å². The van der Waals surface area contributed by atoms with E-state index in [4.69, 9.17) is 11.6 Å². The Bertz CT molecular complexity index is 267. The summed E-state index contributed by atoms with van der Waals surface area (Å²) in [6.45, 7) is 2.24. The van der Waals surface area contributed by atoms with Crippen LogP contribution >= 0.6 is 11.6 Å². The van der Waals surface area contributed by atoms with Gasteiger partial charge in [0.15, 0.2) is 0 Å². The smallest absolute Gasteiger partial charge is 0.242 e. The molecule has 0 radical (unpaired) electrons. The average Bonchev–Trinajstić information content (AvgIpc) is 2.53. The fourth-order valence-electron chi connectivity index (χ4n) is 1.72. The van der Waals surface area contributed by atoms with Crippen molar-refractivity contribution in [1.29, 1.82) is 0 Å². The number of aromatic nitrogens is 3. The monoisotopic (exact) mass is 200 g/mol. The van der Waals surface area contributed by atoms with Crippen molar-refractivity contribution in [3.8, 4) is 0 Å². The summed E-state index contributed by atoms with van der Waals surface area (Å²) in [5.41, 5.74) is 0. The van der Waals surface area contributed by atoms with Gasteiger partial charge in [-0.3, -0.25) is 5.10 Å². The van der Waals surface area contributed by atoms with E-state index >= 15 is 0 Å². The maximum atomic E-state index is 5.61. The fourth-order valence-corrected chi connectivity index (χ4v) is 1.87. The van der Waals surface area contributed by atoms with Crippen LogP contribution in [0.2, 0.25) is 5.28 Å². The summed E-state index contributed by atoms with van der Waals surface area (Å²) in [5.74, 6) is 1.64. The molecule has 0 atom stereocenters. The molecule has 2 heterocycles. The van der Waals surface area contributed by atoms with Crippen molar-refractivity contribution < 1.29 is 0 Å². The molecule has 4 nitrogen and oxygen atoms in total. The number of hydrogen-bond donors (Lipinski definition) is 2. The number of H-pyrrole nitrogens is 1. The first-order valence-corrected chi connectivity index (χ1v) is 5.00. The molecular weight excluding hydrogens is 188 g/mol. The SMILES string of the molecule is Clc1n[nH]c(CC2CCNCC2)n1. The normalized spacial score (nSPS) is 19.2. The van der Waals surface area contributed by atoms with Gasteiger partial charge in [-0.25, -0.2) is 4.98 Å². The highest BCUT2D eigenvalue weighted by Crippen LogP contribution is 2.16. The van der Waals surface area contributed by atoms with Crippen LogP contribution in [0.25, 0.3) is 0 Å². The first kappa shape index (κ1) is 8.97. The minimum Gasteiger partial charge on any atom is -0.317 e. The Morgan fingerprint density at radius 3 is 2.77 bits per heavy atom. The third-order valence-electron chi connectivity index (χ3n) is 2.45. The quantitative estimate of drug-likeness (QED) is 0.749. The predicted molar refractivity (Wildman–Crippen MR) is 50.7 cm³/mol. The molecule has 0 unspecified atom stereocenters. The second kappa shape index (κ2) is 4.07. The van der Waals surface area contributed by atoms with Gasteiger partial charge < -0.3 is 5.32 Å². The van der Waals surface area contributed by atoms with E-state index in [-0.39, 0.29) is 0 Å². The van der Waals surface area contributed by atoms with Crippen LogP contribution < -0.4 is 5.32 Å². The van der Waals surface area contributed by atoms with Gasteiger partial charge in [-0.05, 0) is 43.5 Å². The summed E-state index contributed by atoms with van der Waals surface area (Å²) in [4.78, 5) is 4.08. The molecule has 1 fully saturated rings. The van der Waals surface area contributed by atoms with Gasteiger partial charge in [-0.1, -0.05) is 0 Å². The molecule has 0 aliphatic carbocycles. The van der Waals surface area contributed by atoms with Crippen molar-refractivity contribution in [1.82, 2.24) is 20.5 Å². The zero-order chi connectivity index (χ0) is 9.10. The van der Waals surface area contributed by atoms with Crippen LogP contribution in [0.15, 0.2) is 0 Å². The summed E-state index contributed by atoms with van der Waals surface area (Å²) >= 11 is 5.61. The second-order valence-corrected chi connectivity index (χ2v) is 3.79. The first-order valence-electron chi connectivity index (χ1n) is 4.62. The molecule has 0 aromatic carbocycles. The molecular formula is C8H13ClN4. The molecule has 1 aliphatic rings. The molecule has 0 spiro atoms. The first-order chi connectivity index (χ1) is 6.34. The topological polar surface area (TPSA) is 53.6 Å². The van der Waals surface area contributed by atoms with Gasteiger partial charge in [0.05, 0.1) is 0 Å². The number of nitrogens with one attached hydrogen (secondary N) is 2. The Morgan fingerprint density at radius 1 is 1.38 bits per heavy atom. The highest BCUT2D eigenvalue weighted by atomic mass is 35.5. The molecule has 1 saturated heterocycles. The number of piperidine rings is 1. The van der Waals surface area contributed by atoms with E-state index in [9.17, 15) is 0 Å². The molecule has 2 N–H and O–H groups in total. The molecule has 13 heavy (non-hydrogen) atoms. The van der Waals surface area contributed by atoms with Gasteiger partial charge in [0.2, 0.25) is 5.28 Å². The van der Waals surface area contributed by atoms with Gasteiger partial charge in [-0.15, -0.1) is 5.10 Å². The highest BCUT2D eigenvalue weighted by molar-refractivity contribution is 6.28. The average molecular weight is 201 g/mol. The van der Waals surface area contributed by atoms with E-state index in [1.165, 1.54) is 12.8 Å². The Balaban J connectivity index is 1.89. The second-order valence-electron chi connectivity index (χ2n) is 3.45. The summed E-state index contributed by atoms with van der Waals surface area (Å²) in [5, 5.41) is 10.3. The van der Waals surface area contributed by atoms with Gasteiger partial charge in [0, 0.05) is 6.42 Å². The van der Waals surface area contributed by atoms with Crippen LogP contribution in [0.3, 0.4) is 0 Å². The van der Waals surface area contributed by atoms with Gasteiger partial charge >= 0.3 is 0 Å². The lowest BCUT2D eigenvalue weighted by atomic mass is 9.94. The van der Waals surface area contributed by atoms with E-state index < -0.39 is 0 Å². The molecule has 1 aromatic heterocycles. The lowest BCUT2D eigenvalue weighted by Gasteiger charge is -2.21. The maximum Gasteiger partial charge on any atom is 0.242 e. The van der Waals surface area contributed by atoms with Crippen molar-refractivity contribution >= 4 is 11.6 Å². The third kappa shape index (κ3) is 2.42. The van der Waals surface area contributed by atoms with E-state index in [0.29, 0.717) is 5.28 Å². The zero-order valence-corrected chi connectivity index (χ0v) is 8.14. The van der Waals surface area contributed by atoms with Crippen LogP contribution in [0.4, 0.5) is 0 Å². The molecule has 5 heteroatoms. The Kier molecular flexibility index (Phi) is 2.80. The molecule has 0 saturated carbocycles. The number of hydrogen-bond acceptors (Lipinski definition) is 3. The number of aromatic amines is 1. The van der Waals surface area contributed by atoms with Crippen molar-refractivity contribution in [3.05, 3.63) is 11.1 Å². The Hall–Kier alpha value is -0.610. The van der Waals surface area contributed by atoms with E-state index in [0.717, 1.165) is 31.3 Å². The standard InChI is InChI=1S/C8H13ClN4/c9-8-11-7(12-13-8)5-6-1-3-10-4-2-6/h6,10H,1-5H2,(H,11,12,13). The predicted octanol–water partition coefficient (Wildman–Crippen LogP) is 1.00. The molecule has 1 aromatic rings. The van der Waals surface area contributed by atoms with Crippen molar-refractivity contribution in [3.63, 3.8) is 0 Å². The zero-order valence-electron chi connectivity index (χ0n) is 7.39. The van der Waals surface area contributed by atoms with Crippen LogP contribution in [0.1, 0.15) is 18.7 Å². The molecule has 72 valence electrons. The molecule has 0 bridgehead atoms. The third-order valence-corrected chi connectivity index (χ3v) is 2.61. The Morgan fingerprint density at radius 2 is 2.15 bits per heavy atom. The minimum atomic E-state index is 0.323. The van der Waals surface area contributed by atoms with Crippen molar-refractivity contribution in [2.45, 2.75) is 19.3 Å². The fraction of sp³-hybridized carbons (Fsp3) is 0.750. The molecule has 2 rings (SSSR count). The lowest BCUT2D eigenvalue weighted by molar-refractivity contribution is 0.367. The van der Waals surface area contributed by atoms with E-state index in [1.807, 2.05) is 0 Å². The maximum absolute atomic E-state index is 5.61. The van der Waals surface area contributed by atoms with Crippen LogP contribution in [0.5, 0.6) is 0 Å². The summed E-state index contributed by atoms with van der Waals surface area (Å²) in [7, 11) is 0. The summed E-state index contributed by atoms with van der Waals surface area (Å²) in [6.07, 6.45) is 3.41. The van der Waals surface area contributed by atoms with Crippen molar-refractivity contribution in [2.75, 3.05) is 13.1 Å². The Labute approximate surface area is 82.1 Å². The number of rotatable bonds is 2. The summed E-state index contributed by atoms with van der Waals surface area (Å²) < 4.78 is 0. The number of halogens is 1. The molecule has 1 aliphatic heterocycles.